The van der Waals surface area contributed by atoms with Crippen molar-refractivity contribution in [1.29, 1.82) is 0 Å². The Bertz CT molecular complexity index is 909. The lowest BCUT2D eigenvalue weighted by molar-refractivity contribution is -0.131. The zero-order valence-corrected chi connectivity index (χ0v) is 20.3. The lowest BCUT2D eigenvalue weighted by atomic mass is 9.86. The van der Waals surface area contributed by atoms with E-state index < -0.39 is 27.0 Å². The molecule has 176 valence electrons. The number of likely N-dealkylation sites (N-methyl/N-ethyl adjacent to an activating group) is 1. The molecule has 3 amide bonds. The van der Waals surface area contributed by atoms with Gasteiger partial charge >= 0.3 is 6.03 Å². The van der Waals surface area contributed by atoms with Crippen LogP contribution in [0.3, 0.4) is 0 Å². The lowest BCUT2D eigenvalue weighted by Crippen LogP contribution is -2.64. The minimum Gasteiger partial charge on any atom is -0.368 e. The first-order valence-electron chi connectivity index (χ1n) is 10.3. The van der Waals surface area contributed by atoms with E-state index in [1.807, 2.05) is 45.0 Å². The average Bonchev–Trinajstić information content (AvgIpc) is 2.65. The number of rotatable bonds is 7. The molecule has 31 heavy (non-hydrogen) atoms. The van der Waals surface area contributed by atoms with E-state index >= 15 is 0 Å². The molecule has 1 aliphatic rings. The van der Waals surface area contributed by atoms with Gasteiger partial charge in [-0.25, -0.2) is 9.10 Å². The third-order valence-electron chi connectivity index (χ3n) is 6.75. The van der Waals surface area contributed by atoms with E-state index in [4.69, 9.17) is 11.5 Å². The fraction of sp³-hybridized carbons (Fsp3) is 0.619. The molecular weight excluding hydrogens is 418 g/mol. The molecule has 10 heteroatoms. The van der Waals surface area contributed by atoms with Gasteiger partial charge in [-0.2, -0.15) is 4.21 Å². The van der Waals surface area contributed by atoms with Crippen LogP contribution in [0.1, 0.15) is 29.5 Å². The highest BCUT2D eigenvalue weighted by Gasteiger charge is 2.45. The van der Waals surface area contributed by atoms with E-state index in [1.54, 1.807) is 11.4 Å². The quantitative estimate of drug-likeness (QED) is 0.566. The summed E-state index contributed by atoms with van der Waals surface area (Å²) < 4.78 is 26.4. The topological polar surface area (TPSA) is 133 Å². The van der Waals surface area contributed by atoms with Crippen LogP contribution >= 0.6 is 0 Å². The molecule has 0 radical (unpaired) electrons. The van der Waals surface area contributed by atoms with Gasteiger partial charge in [-0.15, -0.1) is 9.53 Å². The monoisotopic (exact) mass is 455 g/mol. The second-order valence-corrected chi connectivity index (χ2v) is 12.8. The Kier molecular flexibility index (Phi) is 6.92. The van der Waals surface area contributed by atoms with Crippen LogP contribution in [-0.2, 0) is 20.7 Å². The number of piperidine rings is 1. The lowest BCUT2D eigenvalue weighted by Gasteiger charge is -2.54. The van der Waals surface area contributed by atoms with Crippen molar-refractivity contribution >= 4 is 27.2 Å². The smallest absolute Gasteiger partial charge is 0.318 e. The summed E-state index contributed by atoms with van der Waals surface area (Å²) in [6.07, 6.45) is 2.64. The van der Waals surface area contributed by atoms with E-state index in [-0.39, 0.29) is 5.75 Å². The normalized spacial score (nSPS) is 18.4. The van der Waals surface area contributed by atoms with Crippen LogP contribution in [0.5, 0.6) is 0 Å². The van der Waals surface area contributed by atoms with Gasteiger partial charge in [-0.1, -0.05) is 0 Å². The first kappa shape index (κ1) is 25.3. The van der Waals surface area contributed by atoms with Crippen LogP contribution in [0.2, 0.25) is 0 Å². The summed E-state index contributed by atoms with van der Waals surface area (Å²) in [5, 5.41) is 0. The summed E-state index contributed by atoms with van der Waals surface area (Å²) in [6.45, 7) is 4.48. The standard InChI is InChI=1S/C21H37N5O4S/c1-15-13-17(25(5)20(23)28)14-16(2)18(15)7-12-31(6,29,30)26-10-8-21(9-11-26,19(22)27)24(3)4/h13-14H,7-12H2,1-6H3,(H2,22,27)(H2,23,28)(H,29,30). The van der Waals surface area contributed by atoms with Crippen molar-refractivity contribution in [2.75, 3.05) is 51.1 Å². The number of amides is 3. The van der Waals surface area contributed by atoms with E-state index in [1.165, 1.54) is 11.2 Å². The summed E-state index contributed by atoms with van der Waals surface area (Å²) in [6, 6.07) is 3.17. The number of urea groups is 1. The molecule has 2 rings (SSSR count). The van der Waals surface area contributed by atoms with E-state index in [0.717, 1.165) is 16.7 Å². The Morgan fingerprint density at radius 1 is 1.13 bits per heavy atom. The third-order valence-corrected chi connectivity index (χ3v) is 9.58. The average molecular weight is 456 g/mol. The molecule has 0 spiro atoms. The van der Waals surface area contributed by atoms with Crippen LogP contribution < -0.4 is 16.4 Å². The number of primary amides is 2. The summed E-state index contributed by atoms with van der Waals surface area (Å²) in [5.74, 6) is -0.322. The zero-order chi connectivity index (χ0) is 23.8. The van der Waals surface area contributed by atoms with Crippen LogP contribution in [0.25, 0.3) is 0 Å². The maximum Gasteiger partial charge on any atom is 0.318 e. The van der Waals surface area contributed by atoms with Crippen molar-refractivity contribution in [1.82, 2.24) is 9.21 Å². The highest BCUT2D eigenvalue weighted by atomic mass is 32.3. The van der Waals surface area contributed by atoms with Crippen LogP contribution in [-0.4, -0.2) is 81.7 Å². The molecule has 0 atom stereocenters. The molecule has 0 bridgehead atoms. The summed E-state index contributed by atoms with van der Waals surface area (Å²) in [5.41, 5.74) is 13.8. The first-order chi connectivity index (χ1) is 14.1. The van der Waals surface area contributed by atoms with Crippen molar-refractivity contribution in [3.63, 3.8) is 0 Å². The van der Waals surface area contributed by atoms with Gasteiger partial charge in [-0.3, -0.25) is 19.1 Å². The highest BCUT2D eigenvalue weighted by molar-refractivity contribution is 8.12. The van der Waals surface area contributed by atoms with Crippen molar-refractivity contribution < 1.29 is 18.4 Å². The van der Waals surface area contributed by atoms with Gasteiger partial charge in [0.2, 0.25) is 5.91 Å². The van der Waals surface area contributed by atoms with Crippen molar-refractivity contribution in [2.24, 2.45) is 11.5 Å². The Labute approximate surface area is 185 Å². The van der Waals surface area contributed by atoms with E-state index in [0.29, 0.717) is 38.0 Å². The molecule has 1 aliphatic heterocycles. The highest BCUT2D eigenvalue weighted by Crippen LogP contribution is 2.35. The molecule has 5 N–H and O–H groups in total. The molecule has 0 aliphatic carbocycles. The molecule has 0 aromatic heterocycles. The molecular formula is C21H37N5O4S. The molecule has 1 aromatic rings. The van der Waals surface area contributed by atoms with E-state index in [9.17, 15) is 18.4 Å². The molecule has 1 aromatic carbocycles. The Balaban J connectivity index is 2.18. The predicted molar refractivity (Wildman–Crippen MR) is 126 cm³/mol. The first-order valence-corrected chi connectivity index (χ1v) is 12.8. The predicted octanol–water partition coefficient (Wildman–Crippen LogP) is 1.08. The van der Waals surface area contributed by atoms with Crippen LogP contribution in [0, 0.1) is 13.8 Å². The van der Waals surface area contributed by atoms with Crippen molar-refractivity contribution in [3.8, 4) is 0 Å². The number of anilines is 1. The van der Waals surface area contributed by atoms with Crippen molar-refractivity contribution in [2.45, 2.75) is 38.6 Å². The number of aryl methyl sites for hydroxylation is 2. The van der Waals surface area contributed by atoms with Gasteiger partial charge in [0, 0.05) is 32.1 Å². The second kappa shape index (κ2) is 8.50. The minimum absolute atomic E-state index is 0.0788. The van der Waals surface area contributed by atoms with Gasteiger partial charge < -0.3 is 11.5 Å². The molecule has 1 saturated heterocycles. The van der Waals surface area contributed by atoms with Gasteiger partial charge in [0.1, 0.15) is 5.54 Å². The molecule has 9 nitrogen and oxygen atoms in total. The third kappa shape index (κ3) is 5.08. The van der Waals surface area contributed by atoms with Crippen LogP contribution in [0.15, 0.2) is 12.1 Å². The molecule has 0 saturated carbocycles. The number of nitrogens with zero attached hydrogens (tertiary/aromatic N) is 3. The van der Waals surface area contributed by atoms with Gasteiger partial charge in [0.15, 0.2) is 0 Å². The number of hydrogen-bond acceptors (Lipinski definition) is 4. The number of carbonyl (C=O) groups excluding carboxylic acids is 2. The summed E-state index contributed by atoms with van der Waals surface area (Å²) in [7, 11) is 1.14. The summed E-state index contributed by atoms with van der Waals surface area (Å²) in [4.78, 5) is 26.7. The Morgan fingerprint density at radius 2 is 1.61 bits per heavy atom. The number of carbonyl (C=O) groups is 2. The fourth-order valence-electron chi connectivity index (χ4n) is 4.39. The van der Waals surface area contributed by atoms with Crippen molar-refractivity contribution in [3.05, 3.63) is 28.8 Å². The van der Waals surface area contributed by atoms with Gasteiger partial charge in [0.25, 0.3) is 0 Å². The van der Waals surface area contributed by atoms with Gasteiger partial charge in [0.05, 0.1) is 5.75 Å². The fourth-order valence-corrected chi connectivity index (χ4v) is 6.44. The van der Waals surface area contributed by atoms with E-state index in [2.05, 4.69) is 0 Å². The number of nitrogens with two attached hydrogens (primary N) is 2. The minimum atomic E-state index is -4.09. The maximum absolute atomic E-state index is 13.6. The van der Waals surface area contributed by atoms with Gasteiger partial charge in [-0.05, 0) is 76.0 Å². The molecule has 1 fully saturated rings. The molecule has 0 unspecified atom stereocenters. The summed E-state index contributed by atoms with van der Waals surface area (Å²) >= 11 is 0. The number of hydrogen-bond donors (Lipinski definition) is 3. The zero-order valence-electron chi connectivity index (χ0n) is 19.5. The largest absolute Gasteiger partial charge is 0.368 e. The Morgan fingerprint density at radius 3 is 2.00 bits per heavy atom. The second-order valence-electron chi connectivity index (χ2n) is 9.06. The number of benzene rings is 1. The SMILES string of the molecule is Cc1cc(N(C)C(N)=O)cc(C)c1CCS(C)(=O)(O)N1CCC(C(N)=O)(N(C)C)CC1. The van der Waals surface area contributed by atoms with Crippen LogP contribution in [0.4, 0.5) is 10.5 Å². The molecule has 1 heterocycles. The maximum atomic E-state index is 13.6. The Hall–Kier alpha value is -2.01.